The van der Waals surface area contributed by atoms with Crippen LogP contribution in [-0.2, 0) is 4.79 Å². The summed E-state index contributed by atoms with van der Waals surface area (Å²) in [6, 6.07) is 19.0. The molecule has 5 aromatic rings. The average Bonchev–Trinajstić information content (AvgIpc) is 3.48. The molecule has 0 saturated heterocycles. The lowest BCUT2D eigenvalue weighted by molar-refractivity contribution is -0.111. The van der Waals surface area contributed by atoms with Crippen LogP contribution in [0.15, 0.2) is 84.5 Å². The summed E-state index contributed by atoms with van der Waals surface area (Å²) >= 11 is 1.58. The lowest BCUT2D eigenvalue weighted by Gasteiger charge is -2.06. The molecule has 0 bridgehead atoms. The molecule has 5 rings (SSSR count). The van der Waals surface area contributed by atoms with Gasteiger partial charge in [0.15, 0.2) is 11.5 Å². The van der Waals surface area contributed by atoms with Gasteiger partial charge < -0.3 is 5.32 Å². The van der Waals surface area contributed by atoms with Crippen LogP contribution in [0.3, 0.4) is 0 Å². The molecular weight excluding hydrogens is 408 g/mol. The molecule has 0 aliphatic carbocycles. The molecule has 0 atom stereocenters. The standard InChI is InChI=1S/C23H16N6OS/c30-22(11-8-19-7-3-13-31-19)25-18-6-1-4-16(14-18)20-9-10-21-26-27-23(29(21)28-20)17-5-2-12-24-15-17/h1-15H,(H,25,30)/b11-8+. The molecular formula is C23H16N6OS. The van der Waals surface area contributed by atoms with Gasteiger partial charge in [-0.3, -0.25) is 9.78 Å². The third-order valence-corrected chi connectivity index (χ3v) is 5.39. The van der Waals surface area contributed by atoms with E-state index >= 15 is 0 Å². The fraction of sp³-hybridized carbons (Fsp3) is 0. The second kappa shape index (κ2) is 8.29. The van der Waals surface area contributed by atoms with Gasteiger partial charge >= 0.3 is 0 Å². The Kier molecular flexibility index (Phi) is 5.04. The zero-order valence-corrected chi connectivity index (χ0v) is 17.0. The number of benzene rings is 1. The molecule has 7 nitrogen and oxygen atoms in total. The van der Waals surface area contributed by atoms with Crippen molar-refractivity contribution in [2.75, 3.05) is 5.32 Å². The van der Waals surface area contributed by atoms with Crippen LogP contribution in [0.4, 0.5) is 5.69 Å². The van der Waals surface area contributed by atoms with E-state index in [1.165, 1.54) is 6.08 Å². The average molecular weight is 424 g/mol. The smallest absolute Gasteiger partial charge is 0.248 e. The maximum absolute atomic E-state index is 12.3. The van der Waals surface area contributed by atoms with Gasteiger partial charge in [-0.05, 0) is 53.9 Å². The predicted molar refractivity (Wildman–Crippen MR) is 121 cm³/mol. The number of aromatic nitrogens is 5. The fourth-order valence-electron chi connectivity index (χ4n) is 3.10. The van der Waals surface area contributed by atoms with Crippen LogP contribution in [0.25, 0.3) is 34.4 Å². The first-order valence-electron chi connectivity index (χ1n) is 9.52. The molecule has 0 aliphatic rings. The third kappa shape index (κ3) is 4.10. The highest BCUT2D eigenvalue weighted by atomic mass is 32.1. The number of pyridine rings is 1. The number of anilines is 1. The highest BCUT2D eigenvalue weighted by Gasteiger charge is 2.11. The second-order valence-corrected chi connectivity index (χ2v) is 7.65. The quantitative estimate of drug-likeness (QED) is 0.418. The fourth-order valence-corrected chi connectivity index (χ4v) is 3.72. The number of nitrogens with zero attached hydrogens (tertiary/aromatic N) is 5. The molecule has 31 heavy (non-hydrogen) atoms. The normalized spacial score (nSPS) is 11.2. The summed E-state index contributed by atoms with van der Waals surface area (Å²) < 4.78 is 1.70. The van der Waals surface area contributed by atoms with Crippen molar-refractivity contribution in [1.82, 2.24) is 24.8 Å². The van der Waals surface area contributed by atoms with Gasteiger partial charge in [0.25, 0.3) is 0 Å². The maximum Gasteiger partial charge on any atom is 0.248 e. The van der Waals surface area contributed by atoms with Crippen molar-refractivity contribution in [3.05, 3.63) is 89.4 Å². The minimum Gasteiger partial charge on any atom is -0.322 e. The summed E-state index contributed by atoms with van der Waals surface area (Å²) in [5.74, 6) is 0.430. The monoisotopic (exact) mass is 424 g/mol. The molecule has 0 saturated carbocycles. The van der Waals surface area contributed by atoms with Crippen molar-refractivity contribution in [2.45, 2.75) is 0 Å². The molecule has 0 fully saturated rings. The van der Waals surface area contributed by atoms with Crippen LogP contribution in [-0.4, -0.2) is 30.7 Å². The maximum atomic E-state index is 12.3. The van der Waals surface area contributed by atoms with Gasteiger partial charge in [0, 0.05) is 40.2 Å². The second-order valence-electron chi connectivity index (χ2n) is 6.67. The van der Waals surface area contributed by atoms with Gasteiger partial charge in [-0.2, -0.15) is 9.61 Å². The Morgan fingerprint density at radius 2 is 1.94 bits per heavy atom. The van der Waals surface area contributed by atoms with Gasteiger partial charge in [0.1, 0.15) is 0 Å². The van der Waals surface area contributed by atoms with Gasteiger partial charge in [0.2, 0.25) is 5.91 Å². The summed E-state index contributed by atoms with van der Waals surface area (Å²) in [6.45, 7) is 0. The van der Waals surface area contributed by atoms with Gasteiger partial charge in [-0.25, -0.2) is 0 Å². The van der Waals surface area contributed by atoms with Crippen molar-refractivity contribution in [3.63, 3.8) is 0 Å². The van der Waals surface area contributed by atoms with E-state index in [1.54, 1.807) is 34.3 Å². The SMILES string of the molecule is O=C(/C=C/c1cccs1)Nc1cccc(-c2ccc3nnc(-c4cccnc4)n3n2)c1. The van der Waals surface area contributed by atoms with Crippen LogP contribution in [0, 0.1) is 0 Å². The van der Waals surface area contributed by atoms with Crippen LogP contribution < -0.4 is 5.32 Å². The largest absolute Gasteiger partial charge is 0.322 e. The summed E-state index contributed by atoms with van der Waals surface area (Å²) in [4.78, 5) is 17.4. The van der Waals surface area contributed by atoms with Crippen molar-refractivity contribution >= 4 is 34.7 Å². The summed E-state index contributed by atoms with van der Waals surface area (Å²) in [5, 5.41) is 18.0. The number of carbonyl (C=O) groups excluding carboxylic acids is 1. The van der Waals surface area contributed by atoms with Crippen molar-refractivity contribution in [2.24, 2.45) is 0 Å². The minimum absolute atomic E-state index is 0.188. The van der Waals surface area contributed by atoms with Crippen LogP contribution in [0.2, 0.25) is 0 Å². The molecule has 0 radical (unpaired) electrons. The number of carbonyl (C=O) groups is 1. The number of hydrogen-bond donors (Lipinski definition) is 1. The highest BCUT2D eigenvalue weighted by Crippen LogP contribution is 2.23. The minimum atomic E-state index is -0.188. The Labute approximate surface area is 181 Å². The predicted octanol–water partition coefficient (Wildman–Crippen LogP) is 4.57. The number of fused-ring (bicyclic) bond motifs is 1. The van der Waals surface area contributed by atoms with E-state index < -0.39 is 0 Å². The molecule has 1 aromatic carbocycles. The van der Waals surface area contributed by atoms with E-state index in [1.807, 2.05) is 66.0 Å². The third-order valence-electron chi connectivity index (χ3n) is 4.55. The summed E-state index contributed by atoms with van der Waals surface area (Å²) in [7, 11) is 0. The zero-order valence-electron chi connectivity index (χ0n) is 16.2. The molecule has 0 spiro atoms. The van der Waals surface area contributed by atoms with Crippen LogP contribution in [0.5, 0.6) is 0 Å². The number of rotatable bonds is 5. The Morgan fingerprint density at radius 3 is 2.77 bits per heavy atom. The highest BCUT2D eigenvalue weighted by molar-refractivity contribution is 7.10. The zero-order chi connectivity index (χ0) is 21.0. The Hall–Kier alpha value is -4.17. The molecule has 0 aliphatic heterocycles. The molecule has 1 amide bonds. The van der Waals surface area contributed by atoms with E-state index in [-0.39, 0.29) is 5.91 Å². The number of hydrogen-bond acceptors (Lipinski definition) is 6. The lowest BCUT2D eigenvalue weighted by atomic mass is 10.1. The van der Waals surface area contributed by atoms with Crippen molar-refractivity contribution in [1.29, 1.82) is 0 Å². The lowest BCUT2D eigenvalue weighted by Crippen LogP contribution is -2.07. The molecule has 8 heteroatoms. The molecule has 4 aromatic heterocycles. The molecule has 4 heterocycles. The van der Waals surface area contributed by atoms with Gasteiger partial charge in [0.05, 0.1) is 5.69 Å². The van der Waals surface area contributed by atoms with E-state index in [9.17, 15) is 4.79 Å². The van der Waals surface area contributed by atoms with E-state index in [0.29, 0.717) is 17.2 Å². The van der Waals surface area contributed by atoms with Crippen molar-refractivity contribution < 1.29 is 4.79 Å². The first kappa shape index (κ1) is 18.8. The Morgan fingerprint density at radius 1 is 1.00 bits per heavy atom. The number of thiophene rings is 1. The van der Waals surface area contributed by atoms with Gasteiger partial charge in [-0.1, -0.05) is 18.2 Å². The topological polar surface area (TPSA) is 85.1 Å². The molecule has 0 unspecified atom stereocenters. The molecule has 150 valence electrons. The van der Waals surface area contributed by atoms with Crippen LogP contribution >= 0.6 is 11.3 Å². The van der Waals surface area contributed by atoms with Gasteiger partial charge in [-0.15, -0.1) is 21.5 Å². The van der Waals surface area contributed by atoms with Crippen LogP contribution in [0.1, 0.15) is 4.88 Å². The first-order chi connectivity index (χ1) is 15.3. The van der Waals surface area contributed by atoms with Crippen molar-refractivity contribution in [3.8, 4) is 22.6 Å². The number of nitrogens with one attached hydrogen (secondary N) is 1. The van der Waals surface area contributed by atoms with E-state index in [2.05, 4.69) is 20.5 Å². The van der Waals surface area contributed by atoms with E-state index in [0.717, 1.165) is 21.7 Å². The Bertz CT molecular complexity index is 1380. The molecule has 1 N–H and O–H groups in total. The summed E-state index contributed by atoms with van der Waals surface area (Å²) in [6.07, 6.45) is 6.76. The Balaban J connectivity index is 1.42. The van der Waals surface area contributed by atoms with E-state index in [4.69, 9.17) is 5.10 Å². The number of amides is 1. The first-order valence-corrected chi connectivity index (χ1v) is 10.4. The summed E-state index contributed by atoms with van der Waals surface area (Å²) in [5.41, 5.74) is 3.77.